The molecule has 13 heteroatoms. The van der Waals surface area contributed by atoms with E-state index in [1.165, 1.54) is 0 Å². The molecule has 252 valence electrons. The Morgan fingerprint density at radius 2 is 1.42 bits per heavy atom. The summed E-state index contributed by atoms with van der Waals surface area (Å²) in [6.45, 7) is 4.38. The predicted octanol–water partition coefficient (Wildman–Crippen LogP) is 5.62. The minimum absolute atomic E-state index is 0.0859. The number of carbonyl (C=O) groups is 1. The average molecular weight is 693 g/mol. The number of methoxy groups -OCH3 is 2. The summed E-state index contributed by atoms with van der Waals surface area (Å²) in [5.41, 5.74) is 5.40. The van der Waals surface area contributed by atoms with Gasteiger partial charge in [0.25, 0.3) is 0 Å². The van der Waals surface area contributed by atoms with E-state index in [1.54, 1.807) is 26.6 Å². The molecule has 2 aliphatic rings. The molecule has 1 aliphatic heterocycles. The monoisotopic (exact) mass is 691 g/mol. The van der Waals surface area contributed by atoms with Crippen LogP contribution in [0.25, 0.3) is 33.6 Å². The number of nitrogens with one attached hydrogen (secondary N) is 3. The molecule has 0 radical (unpaired) electrons. The third kappa shape index (κ3) is 7.55. The normalized spacial score (nSPS) is 18.8. The van der Waals surface area contributed by atoms with Crippen LogP contribution in [0.2, 0.25) is 10.0 Å². The minimum Gasteiger partial charge on any atom is -0.480 e. The van der Waals surface area contributed by atoms with Crippen molar-refractivity contribution in [2.75, 3.05) is 27.4 Å². The van der Waals surface area contributed by atoms with Crippen LogP contribution in [0.15, 0.2) is 48.8 Å². The lowest BCUT2D eigenvalue weighted by molar-refractivity contribution is -0.119. The molecule has 2 aromatic carbocycles. The van der Waals surface area contributed by atoms with Gasteiger partial charge in [-0.15, -0.1) is 0 Å². The summed E-state index contributed by atoms with van der Waals surface area (Å²) >= 11 is 14.1. The summed E-state index contributed by atoms with van der Waals surface area (Å²) < 4.78 is 16.9. The lowest BCUT2D eigenvalue weighted by Gasteiger charge is -2.35. The number of aromatic nitrogens is 4. The van der Waals surface area contributed by atoms with Crippen molar-refractivity contribution in [3.8, 4) is 45.4 Å². The van der Waals surface area contributed by atoms with Crippen molar-refractivity contribution in [3.63, 3.8) is 0 Å². The Morgan fingerprint density at radius 3 is 1.94 bits per heavy atom. The maximum Gasteiger partial charge on any atom is 0.237 e. The third-order valence-electron chi connectivity index (χ3n) is 8.67. The van der Waals surface area contributed by atoms with E-state index in [0.29, 0.717) is 88.2 Å². The van der Waals surface area contributed by atoms with Gasteiger partial charge in [0.1, 0.15) is 11.4 Å². The molecule has 1 atom stereocenters. The van der Waals surface area contributed by atoms with Crippen molar-refractivity contribution < 1.29 is 19.0 Å². The number of nitrogens with zero attached hydrogens (tertiary/aromatic N) is 4. The number of rotatable bonds is 14. The van der Waals surface area contributed by atoms with Crippen molar-refractivity contribution in [2.24, 2.45) is 0 Å². The minimum atomic E-state index is 0.0859. The molecular weight excluding hydrogens is 653 g/mol. The Hall–Kier alpha value is -3.87. The summed E-state index contributed by atoms with van der Waals surface area (Å²) in [5, 5.41) is 10.8. The summed E-state index contributed by atoms with van der Waals surface area (Å²) in [6, 6.07) is 11.9. The Kier molecular flexibility index (Phi) is 11.0. The van der Waals surface area contributed by atoms with Gasteiger partial charge in [0.15, 0.2) is 0 Å². The second-order valence-electron chi connectivity index (χ2n) is 11.8. The number of halogens is 2. The zero-order valence-electron chi connectivity index (χ0n) is 27.2. The first-order valence-electron chi connectivity index (χ1n) is 16.1. The van der Waals surface area contributed by atoms with Crippen LogP contribution in [0.3, 0.4) is 0 Å². The quantitative estimate of drug-likeness (QED) is 0.153. The first-order valence-corrected chi connectivity index (χ1v) is 16.9. The molecular formula is C35H39Cl2N7O4. The van der Waals surface area contributed by atoms with Crippen LogP contribution in [0, 0.1) is 0 Å². The molecule has 3 N–H and O–H groups in total. The largest absolute Gasteiger partial charge is 0.480 e. The van der Waals surface area contributed by atoms with E-state index in [9.17, 15) is 4.79 Å². The van der Waals surface area contributed by atoms with Gasteiger partial charge in [-0.3, -0.25) is 14.8 Å². The number of benzene rings is 2. The molecule has 1 amide bonds. The molecule has 3 heterocycles. The van der Waals surface area contributed by atoms with E-state index in [0.717, 1.165) is 42.7 Å². The van der Waals surface area contributed by atoms with Gasteiger partial charge in [0.2, 0.25) is 17.7 Å². The molecule has 48 heavy (non-hydrogen) atoms. The Balaban J connectivity index is 1.20. The molecule has 11 nitrogen and oxygen atoms in total. The molecule has 4 aromatic rings. The van der Waals surface area contributed by atoms with Gasteiger partial charge >= 0.3 is 0 Å². The smallest absolute Gasteiger partial charge is 0.237 e. The lowest BCUT2D eigenvalue weighted by Crippen LogP contribution is -2.45. The van der Waals surface area contributed by atoms with Gasteiger partial charge in [-0.1, -0.05) is 59.6 Å². The van der Waals surface area contributed by atoms with Crippen molar-refractivity contribution in [2.45, 2.75) is 63.9 Å². The van der Waals surface area contributed by atoms with Crippen LogP contribution < -0.4 is 25.4 Å². The van der Waals surface area contributed by atoms with Crippen LogP contribution in [-0.4, -0.2) is 71.4 Å². The average Bonchev–Trinajstić information content (AvgIpc) is 3.50. The number of hydrogen-bond acceptors (Lipinski definition) is 10. The van der Waals surface area contributed by atoms with Crippen molar-refractivity contribution in [1.29, 1.82) is 0 Å². The molecule has 6 rings (SSSR count). The third-order valence-corrected chi connectivity index (χ3v) is 9.49. The van der Waals surface area contributed by atoms with Crippen LogP contribution in [-0.2, 0) is 22.6 Å². The van der Waals surface area contributed by atoms with E-state index < -0.39 is 0 Å². The number of ether oxygens (including phenoxy) is 3. The zero-order valence-corrected chi connectivity index (χ0v) is 28.7. The predicted molar refractivity (Wildman–Crippen MR) is 185 cm³/mol. The van der Waals surface area contributed by atoms with E-state index in [1.807, 2.05) is 43.3 Å². The number of carbonyl (C=O) groups excluding carboxylic acids is 1. The first kappa shape index (κ1) is 34.0. The standard InChI is InChI=1S/C35H39Cl2N7O4/c1-4-48-22-13-21(14-22)39-19-30-35(47-3)44-28(18-41-30)26-10-6-8-24(33(26)37)23-7-5-9-25(32(23)36)27-17-40-29(34(43-27)46-2)16-38-15-20-11-12-31(45)42-20/h5-10,17-18,20-22,38-39H,4,11-16,19H2,1-3H3,(H,42,45)/t20-,21?,22?/m0/s1. The Bertz CT molecular complexity index is 1770. The number of amides is 1. The van der Waals surface area contributed by atoms with Crippen LogP contribution in [0.1, 0.15) is 44.0 Å². The van der Waals surface area contributed by atoms with Gasteiger partial charge in [0.05, 0.1) is 54.2 Å². The number of hydrogen-bond donors (Lipinski definition) is 3. The van der Waals surface area contributed by atoms with E-state index >= 15 is 0 Å². The maximum absolute atomic E-state index is 11.5. The second kappa shape index (κ2) is 15.6. The van der Waals surface area contributed by atoms with Gasteiger partial charge in [-0.05, 0) is 26.2 Å². The summed E-state index contributed by atoms with van der Waals surface area (Å²) in [6.07, 6.45) is 7.08. The van der Waals surface area contributed by atoms with Crippen molar-refractivity contribution >= 4 is 29.1 Å². The highest BCUT2D eigenvalue weighted by atomic mass is 35.5. The SMILES string of the molecule is CCOC1CC(NCc2ncc(-c3cccc(-c4cccc(-c5cnc(CNC[C@@H]6CCC(=O)N6)c(OC)n5)c4Cl)c3Cl)nc2OC)C1. The van der Waals surface area contributed by atoms with Gasteiger partial charge < -0.3 is 30.2 Å². The van der Waals surface area contributed by atoms with E-state index in [4.69, 9.17) is 47.4 Å². The van der Waals surface area contributed by atoms with E-state index in [-0.39, 0.29) is 11.9 Å². The van der Waals surface area contributed by atoms with Gasteiger partial charge in [0, 0.05) is 67.0 Å². The second-order valence-corrected chi connectivity index (χ2v) is 12.6. The molecule has 0 bridgehead atoms. The molecule has 1 aliphatic carbocycles. The highest BCUT2D eigenvalue weighted by Crippen LogP contribution is 2.42. The molecule has 0 unspecified atom stereocenters. The van der Waals surface area contributed by atoms with Gasteiger partial charge in [-0.2, -0.15) is 0 Å². The summed E-state index contributed by atoms with van der Waals surface area (Å²) in [5.74, 6) is 0.923. The van der Waals surface area contributed by atoms with Crippen LogP contribution >= 0.6 is 23.2 Å². The van der Waals surface area contributed by atoms with Crippen molar-refractivity contribution in [1.82, 2.24) is 35.9 Å². The Morgan fingerprint density at radius 1 is 0.854 bits per heavy atom. The lowest BCUT2D eigenvalue weighted by atomic mass is 9.89. The fourth-order valence-corrected chi connectivity index (χ4v) is 6.69. The highest BCUT2D eigenvalue weighted by Gasteiger charge is 2.29. The van der Waals surface area contributed by atoms with Crippen molar-refractivity contribution in [3.05, 3.63) is 70.2 Å². The van der Waals surface area contributed by atoms with Crippen LogP contribution in [0.5, 0.6) is 11.8 Å². The molecule has 0 spiro atoms. The van der Waals surface area contributed by atoms with Crippen LogP contribution in [0.4, 0.5) is 0 Å². The fraction of sp³-hybridized carbons (Fsp3) is 0.400. The maximum atomic E-state index is 11.5. The molecule has 2 aromatic heterocycles. The highest BCUT2D eigenvalue weighted by molar-refractivity contribution is 6.39. The zero-order chi connectivity index (χ0) is 33.6. The first-order chi connectivity index (χ1) is 23.4. The topological polar surface area (TPSA) is 132 Å². The molecule has 2 fully saturated rings. The molecule has 1 saturated carbocycles. The Labute approximate surface area is 290 Å². The molecule has 1 saturated heterocycles. The summed E-state index contributed by atoms with van der Waals surface area (Å²) in [7, 11) is 3.15. The van der Waals surface area contributed by atoms with E-state index in [2.05, 4.69) is 25.9 Å². The fourth-order valence-electron chi connectivity index (χ4n) is 6.04. The van der Waals surface area contributed by atoms with Gasteiger partial charge in [-0.25, -0.2) is 9.97 Å². The summed E-state index contributed by atoms with van der Waals surface area (Å²) in [4.78, 5) is 30.3.